The summed E-state index contributed by atoms with van der Waals surface area (Å²) in [6, 6.07) is 14.8. The number of amides is 1. The quantitative estimate of drug-likeness (QED) is 0.631. The van der Waals surface area contributed by atoms with Crippen LogP contribution in [-0.2, 0) is 11.3 Å². The van der Waals surface area contributed by atoms with Gasteiger partial charge in [0, 0.05) is 0 Å². The normalized spacial score (nSPS) is 15.9. The molecule has 25 heavy (non-hydrogen) atoms. The van der Waals surface area contributed by atoms with E-state index < -0.39 is 0 Å². The zero-order chi connectivity index (χ0) is 17.8. The molecular formula is C19H17NO3S2. The second kappa shape index (κ2) is 7.72. The number of hydrogen-bond acceptors (Lipinski definition) is 5. The average Bonchev–Trinajstić information content (AvgIpc) is 2.86. The van der Waals surface area contributed by atoms with Crippen LogP contribution in [0.1, 0.15) is 18.1 Å². The summed E-state index contributed by atoms with van der Waals surface area (Å²) in [5.41, 5.74) is 1.81. The number of carbonyl (C=O) groups is 1. The highest BCUT2D eigenvalue weighted by molar-refractivity contribution is 8.26. The van der Waals surface area contributed by atoms with Crippen LogP contribution in [-0.4, -0.2) is 26.8 Å². The van der Waals surface area contributed by atoms with E-state index in [1.807, 2.05) is 37.3 Å². The smallest absolute Gasteiger partial charge is 0.266 e. The van der Waals surface area contributed by atoms with Gasteiger partial charge in [0.15, 0.2) is 11.5 Å². The standard InChI is InChI=1S/C19H17NO3S2/c1-2-23-16-10-14(8-9-15(16)21)11-17-18(22)20(19(24)25-17)12-13-6-4-3-5-7-13/h3-11,21H,2,12H2,1H3/b17-11-. The van der Waals surface area contributed by atoms with Gasteiger partial charge in [-0.25, -0.2) is 0 Å². The summed E-state index contributed by atoms with van der Waals surface area (Å²) in [5.74, 6) is 0.372. The largest absolute Gasteiger partial charge is 0.504 e. The van der Waals surface area contributed by atoms with Crippen LogP contribution in [0.2, 0.25) is 0 Å². The molecule has 1 saturated heterocycles. The first kappa shape index (κ1) is 17.5. The second-order valence-electron chi connectivity index (χ2n) is 5.41. The van der Waals surface area contributed by atoms with Crippen molar-refractivity contribution in [2.75, 3.05) is 6.61 Å². The summed E-state index contributed by atoms with van der Waals surface area (Å²) in [6.07, 6.45) is 1.77. The number of aromatic hydroxyl groups is 1. The minimum atomic E-state index is -0.107. The van der Waals surface area contributed by atoms with Crippen molar-refractivity contribution in [1.29, 1.82) is 0 Å². The van der Waals surface area contributed by atoms with E-state index in [2.05, 4.69) is 0 Å². The average molecular weight is 371 g/mol. The molecule has 4 nitrogen and oxygen atoms in total. The number of nitrogens with zero attached hydrogens (tertiary/aromatic N) is 1. The molecule has 0 spiro atoms. The topological polar surface area (TPSA) is 49.8 Å². The molecule has 0 saturated carbocycles. The van der Waals surface area contributed by atoms with Gasteiger partial charge in [-0.15, -0.1) is 0 Å². The molecule has 6 heteroatoms. The Balaban J connectivity index is 1.82. The molecular weight excluding hydrogens is 354 g/mol. The van der Waals surface area contributed by atoms with E-state index in [0.717, 1.165) is 11.1 Å². The minimum absolute atomic E-state index is 0.0793. The molecule has 1 aliphatic rings. The van der Waals surface area contributed by atoms with Gasteiger partial charge < -0.3 is 9.84 Å². The molecule has 3 rings (SSSR count). The second-order valence-corrected chi connectivity index (χ2v) is 7.09. The van der Waals surface area contributed by atoms with Crippen LogP contribution in [0.5, 0.6) is 11.5 Å². The van der Waals surface area contributed by atoms with E-state index in [9.17, 15) is 9.90 Å². The molecule has 0 bridgehead atoms. The molecule has 0 aromatic heterocycles. The van der Waals surface area contributed by atoms with E-state index >= 15 is 0 Å². The molecule has 2 aromatic carbocycles. The van der Waals surface area contributed by atoms with Crippen molar-refractivity contribution in [2.24, 2.45) is 0 Å². The van der Waals surface area contributed by atoms with Gasteiger partial charge in [-0.2, -0.15) is 0 Å². The van der Waals surface area contributed by atoms with Crippen LogP contribution < -0.4 is 4.74 Å². The summed E-state index contributed by atoms with van der Waals surface area (Å²) in [4.78, 5) is 14.8. The third-order valence-electron chi connectivity index (χ3n) is 3.64. The van der Waals surface area contributed by atoms with E-state index in [1.54, 1.807) is 29.2 Å². The molecule has 2 aromatic rings. The number of thioether (sulfide) groups is 1. The lowest BCUT2D eigenvalue weighted by Crippen LogP contribution is -2.27. The first-order chi connectivity index (χ1) is 12.1. The minimum Gasteiger partial charge on any atom is -0.504 e. The first-order valence-corrected chi connectivity index (χ1v) is 9.06. The maximum Gasteiger partial charge on any atom is 0.266 e. The molecule has 1 heterocycles. The van der Waals surface area contributed by atoms with Crippen LogP contribution in [0.15, 0.2) is 53.4 Å². The first-order valence-electron chi connectivity index (χ1n) is 7.83. The Labute approximate surface area is 156 Å². The highest BCUT2D eigenvalue weighted by atomic mass is 32.2. The van der Waals surface area contributed by atoms with Crippen LogP contribution in [0.25, 0.3) is 6.08 Å². The fraction of sp³-hybridized carbons (Fsp3) is 0.158. The summed E-state index contributed by atoms with van der Waals surface area (Å²) in [6.45, 7) is 2.76. The lowest BCUT2D eigenvalue weighted by molar-refractivity contribution is -0.122. The Kier molecular flexibility index (Phi) is 5.40. The highest BCUT2D eigenvalue weighted by Crippen LogP contribution is 2.35. The Morgan fingerprint density at radius 1 is 1.24 bits per heavy atom. The molecule has 1 fully saturated rings. The zero-order valence-corrected chi connectivity index (χ0v) is 15.3. The van der Waals surface area contributed by atoms with Crippen molar-refractivity contribution in [3.63, 3.8) is 0 Å². The van der Waals surface area contributed by atoms with Crippen molar-refractivity contribution >= 4 is 40.3 Å². The lowest BCUT2D eigenvalue weighted by atomic mass is 10.1. The maximum atomic E-state index is 12.7. The van der Waals surface area contributed by atoms with Gasteiger partial charge in [0.2, 0.25) is 0 Å². The SMILES string of the molecule is CCOc1cc(/C=C2\SC(=S)N(Cc3ccccc3)C2=O)ccc1O. The summed E-state index contributed by atoms with van der Waals surface area (Å²) in [7, 11) is 0. The Hall–Kier alpha value is -2.31. The van der Waals surface area contributed by atoms with Gasteiger partial charge in [-0.3, -0.25) is 9.69 Å². The third kappa shape index (κ3) is 4.03. The van der Waals surface area contributed by atoms with Crippen molar-refractivity contribution in [1.82, 2.24) is 4.90 Å². The maximum absolute atomic E-state index is 12.7. The highest BCUT2D eigenvalue weighted by Gasteiger charge is 2.31. The number of hydrogen-bond donors (Lipinski definition) is 1. The predicted octanol–water partition coefficient (Wildman–Crippen LogP) is 4.19. The zero-order valence-electron chi connectivity index (χ0n) is 13.6. The van der Waals surface area contributed by atoms with E-state index in [0.29, 0.717) is 28.1 Å². The Morgan fingerprint density at radius 2 is 2.00 bits per heavy atom. The third-order valence-corrected chi connectivity index (χ3v) is 5.02. The fourth-order valence-corrected chi connectivity index (χ4v) is 3.70. The van der Waals surface area contributed by atoms with Crippen molar-refractivity contribution < 1.29 is 14.6 Å². The molecule has 0 atom stereocenters. The van der Waals surface area contributed by atoms with Gasteiger partial charge in [-0.05, 0) is 36.3 Å². The number of carbonyl (C=O) groups excluding carboxylic acids is 1. The van der Waals surface area contributed by atoms with Crippen molar-refractivity contribution in [3.05, 3.63) is 64.6 Å². The molecule has 0 radical (unpaired) electrons. The number of phenolic OH excluding ortho intramolecular Hbond substituents is 1. The van der Waals surface area contributed by atoms with E-state index in [-0.39, 0.29) is 11.7 Å². The van der Waals surface area contributed by atoms with Crippen molar-refractivity contribution in [3.8, 4) is 11.5 Å². The van der Waals surface area contributed by atoms with Crippen LogP contribution in [0.4, 0.5) is 0 Å². The fourth-order valence-electron chi connectivity index (χ4n) is 2.45. The Bertz CT molecular complexity index is 834. The summed E-state index contributed by atoms with van der Waals surface area (Å²) in [5, 5.41) is 9.78. The number of rotatable bonds is 5. The molecule has 0 unspecified atom stereocenters. The van der Waals surface area contributed by atoms with Gasteiger partial charge in [-0.1, -0.05) is 60.4 Å². The van der Waals surface area contributed by atoms with Crippen LogP contribution in [0.3, 0.4) is 0 Å². The van der Waals surface area contributed by atoms with E-state index in [1.165, 1.54) is 11.8 Å². The number of ether oxygens (including phenoxy) is 1. The molecule has 0 aliphatic carbocycles. The monoisotopic (exact) mass is 371 g/mol. The lowest BCUT2D eigenvalue weighted by Gasteiger charge is -2.14. The van der Waals surface area contributed by atoms with Gasteiger partial charge in [0.05, 0.1) is 18.1 Å². The molecule has 1 N–H and O–H groups in total. The number of phenols is 1. The Morgan fingerprint density at radius 3 is 2.72 bits per heavy atom. The van der Waals surface area contributed by atoms with Gasteiger partial charge in [0.1, 0.15) is 4.32 Å². The van der Waals surface area contributed by atoms with Crippen LogP contribution >= 0.6 is 24.0 Å². The molecule has 1 aliphatic heterocycles. The summed E-state index contributed by atoms with van der Waals surface area (Å²) >= 11 is 6.65. The van der Waals surface area contributed by atoms with Crippen LogP contribution in [0, 0.1) is 0 Å². The van der Waals surface area contributed by atoms with Crippen molar-refractivity contribution in [2.45, 2.75) is 13.5 Å². The number of thiocarbonyl (C=S) groups is 1. The molecule has 128 valence electrons. The predicted molar refractivity (Wildman–Crippen MR) is 104 cm³/mol. The van der Waals surface area contributed by atoms with E-state index in [4.69, 9.17) is 17.0 Å². The van der Waals surface area contributed by atoms with Gasteiger partial charge >= 0.3 is 0 Å². The number of benzene rings is 2. The summed E-state index contributed by atoms with van der Waals surface area (Å²) < 4.78 is 5.93. The molecule has 1 amide bonds. The van der Waals surface area contributed by atoms with Gasteiger partial charge in [0.25, 0.3) is 5.91 Å².